The maximum atomic E-state index is 11.3. The second-order valence-electron chi connectivity index (χ2n) is 9.31. The number of benzene rings is 2. The number of rotatable bonds is 6. The van der Waals surface area contributed by atoms with Gasteiger partial charge in [0.2, 0.25) is 5.95 Å². The molecule has 0 spiro atoms. The molecule has 1 fully saturated rings. The fourth-order valence-electron chi connectivity index (χ4n) is 4.51. The van der Waals surface area contributed by atoms with E-state index in [-0.39, 0.29) is 0 Å². The molecule has 0 bridgehead atoms. The molecular weight excluding hydrogens is 512 g/mol. The summed E-state index contributed by atoms with van der Waals surface area (Å²) in [5.74, 6) is 2.04. The van der Waals surface area contributed by atoms with Crippen molar-refractivity contribution in [3.63, 3.8) is 0 Å². The van der Waals surface area contributed by atoms with Gasteiger partial charge in [-0.15, -0.1) is 0 Å². The summed E-state index contributed by atoms with van der Waals surface area (Å²) in [6.45, 7) is 10.7. The van der Waals surface area contributed by atoms with Crippen LogP contribution in [0.15, 0.2) is 53.0 Å². The van der Waals surface area contributed by atoms with Crippen molar-refractivity contribution in [3.05, 3.63) is 74.8 Å². The molecular formula is C27H32BrClN4O. The molecule has 34 heavy (non-hydrogen) atoms. The number of anilines is 3. The molecule has 1 aliphatic heterocycles. The van der Waals surface area contributed by atoms with Crippen LogP contribution in [0.2, 0.25) is 5.02 Å². The summed E-state index contributed by atoms with van der Waals surface area (Å²) < 4.78 is 1.04. The number of aliphatic hydroxyl groups is 1. The fourth-order valence-corrected chi connectivity index (χ4v) is 5.31. The van der Waals surface area contributed by atoms with Gasteiger partial charge in [0.1, 0.15) is 5.82 Å². The van der Waals surface area contributed by atoms with Gasteiger partial charge in [-0.25, -0.2) is 4.98 Å². The van der Waals surface area contributed by atoms with E-state index in [2.05, 4.69) is 64.7 Å². The van der Waals surface area contributed by atoms with E-state index < -0.39 is 5.60 Å². The van der Waals surface area contributed by atoms with Crippen molar-refractivity contribution >= 4 is 45.0 Å². The average molecular weight is 544 g/mol. The number of hydrogen-bond acceptors (Lipinski definition) is 5. The Morgan fingerprint density at radius 3 is 2.47 bits per heavy atom. The topological polar surface area (TPSA) is 52.5 Å². The van der Waals surface area contributed by atoms with Gasteiger partial charge in [0.25, 0.3) is 0 Å². The van der Waals surface area contributed by atoms with Crippen LogP contribution in [0.3, 0.4) is 0 Å². The number of hydrogen-bond donors (Lipinski definition) is 1. The van der Waals surface area contributed by atoms with Crippen LogP contribution in [0.1, 0.15) is 56.4 Å². The van der Waals surface area contributed by atoms with Crippen LogP contribution < -0.4 is 9.80 Å². The summed E-state index contributed by atoms with van der Waals surface area (Å²) in [6, 6.07) is 16.1. The van der Waals surface area contributed by atoms with E-state index in [9.17, 15) is 5.11 Å². The second kappa shape index (κ2) is 10.2. The maximum Gasteiger partial charge on any atom is 0.232 e. The Morgan fingerprint density at radius 2 is 1.85 bits per heavy atom. The third kappa shape index (κ3) is 5.24. The van der Waals surface area contributed by atoms with Crippen LogP contribution in [-0.2, 0) is 5.60 Å². The van der Waals surface area contributed by atoms with Crippen molar-refractivity contribution in [2.24, 2.45) is 0 Å². The van der Waals surface area contributed by atoms with Gasteiger partial charge in [0.05, 0.1) is 11.3 Å². The lowest BCUT2D eigenvalue weighted by atomic mass is 9.84. The van der Waals surface area contributed by atoms with Crippen molar-refractivity contribution < 1.29 is 5.11 Å². The highest BCUT2D eigenvalue weighted by Gasteiger charge is 2.34. The minimum absolute atomic E-state index is 0.465. The minimum Gasteiger partial charge on any atom is -0.385 e. The summed E-state index contributed by atoms with van der Waals surface area (Å²) in [7, 11) is 0. The predicted molar refractivity (Wildman–Crippen MR) is 144 cm³/mol. The SMILES string of the molecule is CCN(c1nc(C)cc(N2CCC(O)(c3cccc(Cl)c3)CC2)n1)c1ccc(C(C)C)cc1Br. The lowest BCUT2D eigenvalue weighted by molar-refractivity contribution is 0.0117. The van der Waals surface area contributed by atoms with E-state index in [1.807, 2.05) is 37.3 Å². The summed E-state index contributed by atoms with van der Waals surface area (Å²) in [5.41, 5.74) is 3.27. The van der Waals surface area contributed by atoms with Gasteiger partial charge in [0.15, 0.2) is 0 Å². The van der Waals surface area contributed by atoms with Gasteiger partial charge < -0.3 is 14.9 Å². The van der Waals surface area contributed by atoms with Crippen LogP contribution >= 0.6 is 27.5 Å². The van der Waals surface area contributed by atoms with Crippen molar-refractivity contribution in [1.29, 1.82) is 0 Å². The fraction of sp³-hybridized carbons (Fsp3) is 0.407. The Hall–Kier alpha value is -2.15. The number of halogens is 2. The molecule has 0 amide bonds. The van der Waals surface area contributed by atoms with E-state index in [1.54, 1.807) is 0 Å². The van der Waals surface area contributed by atoms with Gasteiger partial charge in [0, 0.05) is 40.9 Å². The molecule has 1 N–H and O–H groups in total. The third-order valence-electron chi connectivity index (χ3n) is 6.59. The molecule has 180 valence electrons. The Bertz CT molecular complexity index is 1160. The number of piperidine rings is 1. The highest BCUT2D eigenvalue weighted by Crippen LogP contribution is 2.37. The average Bonchev–Trinajstić information content (AvgIpc) is 2.80. The molecule has 4 rings (SSSR count). The Morgan fingerprint density at radius 1 is 1.12 bits per heavy atom. The van der Waals surface area contributed by atoms with E-state index in [4.69, 9.17) is 21.6 Å². The second-order valence-corrected chi connectivity index (χ2v) is 10.6. The molecule has 1 aromatic heterocycles. The minimum atomic E-state index is -0.870. The van der Waals surface area contributed by atoms with Crippen LogP contribution in [0.4, 0.5) is 17.5 Å². The highest BCUT2D eigenvalue weighted by atomic mass is 79.9. The summed E-state index contributed by atoms with van der Waals surface area (Å²) in [4.78, 5) is 14.1. The lowest BCUT2D eigenvalue weighted by Gasteiger charge is -2.39. The largest absolute Gasteiger partial charge is 0.385 e. The Labute approximate surface area is 215 Å². The first kappa shape index (κ1) is 25.0. The molecule has 1 saturated heterocycles. The highest BCUT2D eigenvalue weighted by molar-refractivity contribution is 9.10. The van der Waals surface area contributed by atoms with Crippen molar-refractivity contribution in [2.75, 3.05) is 29.4 Å². The van der Waals surface area contributed by atoms with Gasteiger partial charge in [-0.3, -0.25) is 0 Å². The molecule has 0 saturated carbocycles. The van der Waals surface area contributed by atoms with Crippen molar-refractivity contribution in [1.82, 2.24) is 9.97 Å². The zero-order valence-corrected chi connectivity index (χ0v) is 22.6. The van der Waals surface area contributed by atoms with E-state index >= 15 is 0 Å². The first-order valence-electron chi connectivity index (χ1n) is 11.9. The first-order valence-corrected chi connectivity index (χ1v) is 13.0. The number of aryl methyl sites for hydroxylation is 1. The Kier molecular flexibility index (Phi) is 7.51. The normalized spacial score (nSPS) is 15.6. The molecule has 0 atom stereocenters. The van der Waals surface area contributed by atoms with E-state index in [1.165, 1.54) is 5.56 Å². The lowest BCUT2D eigenvalue weighted by Crippen LogP contribution is -2.43. The van der Waals surface area contributed by atoms with Gasteiger partial charge >= 0.3 is 0 Å². The number of nitrogens with zero attached hydrogens (tertiary/aromatic N) is 4. The monoisotopic (exact) mass is 542 g/mol. The van der Waals surface area contributed by atoms with Gasteiger partial charge in [-0.1, -0.05) is 43.6 Å². The molecule has 2 aromatic carbocycles. The van der Waals surface area contributed by atoms with Crippen molar-refractivity contribution in [3.8, 4) is 0 Å². The molecule has 5 nitrogen and oxygen atoms in total. The molecule has 1 aliphatic rings. The molecule has 0 unspecified atom stereocenters. The number of aromatic nitrogens is 2. The zero-order valence-electron chi connectivity index (χ0n) is 20.2. The standard InChI is InChI=1S/C27H32BrClN4O/c1-5-33(24-10-9-20(18(2)3)16-23(24)28)26-30-19(4)15-25(31-26)32-13-11-27(34,12-14-32)21-7-6-8-22(29)17-21/h6-10,15-18,34H,5,11-14H2,1-4H3. The predicted octanol–water partition coefficient (Wildman–Crippen LogP) is 6.97. The third-order valence-corrected chi connectivity index (χ3v) is 7.46. The summed E-state index contributed by atoms with van der Waals surface area (Å²) in [6.07, 6.45) is 1.23. The van der Waals surface area contributed by atoms with Crippen LogP contribution in [-0.4, -0.2) is 34.7 Å². The molecule has 2 heterocycles. The van der Waals surface area contributed by atoms with Crippen LogP contribution in [0, 0.1) is 6.92 Å². The Balaban J connectivity index is 1.58. The summed E-state index contributed by atoms with van der Waals surface area (Å²) in [5, 5.41) is 11.9. The first-order chi connectivity index (χ1) is 16.2. The van der Waals surface area contributed by atoms with E-state index in [0.717, 1.165) is 33.8 Å². The molecule has 3 aromatic rings. The smallest absolute Gasteiger partial charge is 0.232 e. The molecule has 0 radical (unpaired) electrons. The van der Waals surface area contributed by atoms with Gasteiger partial charge in [-0.2, -0.15) is 4.98 Å². The molecule has 0 aliphatic carbocycles. The quantitative estimate of drug-likeness (QED) is 0.364. The molecule has 7 heteroatoms. The van der Waals surface area contributed by atoms with E-state index in [0.29, 0.717) is 42.8 Å². The van der Waals surface area contributed by atoms with Gasteiger partial charge in [-0.05, 0) is 83.9 Å². The zero-order chi connectivity index (χ0) is 24.5. The van der Waals surface area contributed by atoms with Crippen LogP contribution in [0.5, 0.6) is 0 Å². The maximum absolute atomic E-state index is 11.3. The van der Waals surface area contributed by atoms with Crippen molar-refractivity contribution in [2.45, 2.75) is 52.1 Å². The summed E-state index contributed by atoms with van der Waals surface area (Å²) >= 11 is 9.93. The van der Waals surface area contributed by atoms with Crippen LogP contribution in [0.25, 0.3) is 0 Å².